The summed E-state index contributed by atoms with van der Waals surface area (Å²) in [6.45, 7) is 2.72. The van der Waals surface area contributed by atoms with E-state index in [4.69, 9.17) is 16.3 Å². The molecular weight excluding hydrogens is 335 g/mol. The molecule has 0 radical (unpaired) electrons. The maximum absolute atomic E-state index is 13.3. The summed E-state index contributed by atoms with van der Waals surface area (Å²) in [7, 11) is 0. The van der Waals surface area contributed by atoms with Crippen LogP contribution in [0.1, 0.15) is 38.5 Å². The van der Waals surface area contributed by atoms with Gasteiger partial charge >= 0.3 is 0 Å². The van der Waals surface area contributed by atoms with Gasteiger partial charge in [-0.1, -0.05) is 6.42 Å². The zero-order valence-electron chi connectivity index (χ0n) is 14.0. The fourth-order valence-electron chi connectivity index (χ4n) is 3.62. The van der Waals surface area contributed by atoms with Crippen molar-refractivity contribution in [3.8, 4) is 0 Å². The summed E-state index contributed by atoms with van der Waals surface area (Å²) in [5.74, 6) is 0.0892. The molecule has 2 saturated heterocycles. The lowest BCUT2D eigenvalue weighted by Crippen LogP contribution is -2.50. The Morgan fingerprint density at radius 1 is 1.33 bits per heavy atom. The molecule has 1 amide bonds. The van der Waals surface area contributed by atoms with Gasteiger partial charge in [-0.3, -0.25) is 10.2 Å². The van der Waals surface area contributed by atoms with E-state index in [1.165, 1.54) is 0 Å². The highest BCUT2D eigenvalue weighted by Crippen LogP contribution is 2.28. The number of rotatable bonds is 5. The van der Waals surface area contributed by atoms with Crippen LogP contribution in [0, 0.1) is 0 Å². The van der Waals surface area contributed by atoms with Crippen LogP contribution in [-0.4, -0.2) is 67.0 Å². The van der Waals surface area contributed by atoms with Crippen LogP contribution in [0.3, 0.4) is 0 Å². The predicted molar refractivity (Wildman–Crippen MR) is 90.4 cm³/mol. The van der Waals surface area contributed by atoms with Crippen molar-refractivity contribution in [1.29, 1.82) is 0 Å². The molecular formula is C16H28ClFN4O2. The maximum atomic E-state index is 13.3. The second-order valence-electron chi connectivity index (χ2n) is 7.05. The third kappa shape index (κ3) is 5.02. The number of hydrogen-bond donors (Lipinski definition) is 3. The number of hydrogen-bond acceptors (Lipinski definition) is 5. The summed E-state index contributed by atoms with van der Waals surface area (Å²) < 4.78 is 19.1. The molecule has 3 aliphatic rings. The number of carbonyl (C=O) groups excluding carboxylic acids is 1. The number of ether oxygens (including phenoxy) is 1. The Hall–Kier alpha value is -0.470. The number of halogens is 2. The van der Waals surface area contributed by atoms with E-state index < -0.39 is 6.17 Å². The summed E-state index contributed by atoms with van der Waals surface area (Å²) in [6.07, 6.45) is 3.82. The zero-order valence-corrected chi connectivity index (χ0v) is 14.7. The van der Waals surface area contributed by atoms with Crippen LogP contribution < -0.4 is 16.1 Å². The van der Waals surface area contributed by atoms with Gasteiger partial charge in [0.15, 0.2) is 0 Å². The molecule has 24 heavy (non-hydrogen) atoms. The fraction of sp³-hybridized carbons (Fsp3) is 0.938. The first kappa shape index (κ1) is 18.3. The lowest BCUT2D eigenvalue weighted by Gasteiger charge is -2.30. The van der Waals surface area contributed by atoms with Crippen LogP contribution in [-0.2, 0) is 9.53 Å². The van der Waals surface area contributed by atoms with Crippen molar-refractivity contribution in [2.45, 2.75) is 68.3 Å². The molecule has 1 aliphatic carbocycles. The van der Waals surface area contributed by atoms with Gasteiger partial charge in [0.1, 0.15) is 12.9 Å². The number of amides is 1. The van der Waals surface area contributed by atoms with E-state index in [1.54, 1.807) is 0 Å². The Balaban J connectivity index is 1.35. The molecule has 0 spiro atoms. The van der Waals surface area contributed by atoms with Crippen LogP contribution in [0.2, 0.25) is 0 Å². The molecule has 0 bridgehead atoms. The Morgan fingerprint density at radius 2 is 2.21 bits per heavy atom. The zero-order chi connectivity index (χ0) is 16.9. The minimum absolute atomic E-state index is 0.0584. The molecule has 1 saturated carbocycles. The first-order valence-electron chi connectivity index (χ1n) is 9.04. The quantitative estimate of drug-likeness (QED) is 0.634. The van der Waals surface area contributed by atoms with Crippen molar-refractivity contribution >= 4 is 17.5 Å². The first-order valence-corrected chi connectivity index (χ1v) is 9.47. The minimum atomic E-state index is -0.801. The molecule has 6 nitrogen and oxygen atoms in total. The van der Waals surface area contributed by atoms with E-state index in [-0.39, 0.29) is 29.5 Å². The summed E-state index contributed by atoms with van der Waals surface area (Å²) in [4.78, 5) is 12.2. The van der Waals surface area contributed by atoms with E-state index in [0.29, 0.717) is 39.1 Å². The molecule has 0 aromatic carbocycles. The topological polar surface area (TPSA) is 65.6 Å². The lowest BCUT2D eigenvalue weighted by molar-refractivity contribution is -0.124. The summed E-state index contributed by atoms with van der Waals surface area (Å²) >= 11 is 6.18. The average Bonchev–Trinajstić information content (AvgIpc) is 3.02. The highest BCUT2D eigenvalue weighted by atomic mass is 35.5. The van der Waals surface area contributed by atoms with Crippen molar-refractivity contribution in [2.24, 2.45) is 0 Å². The van der Waals surface area contributed by atoms with Crippen molar-refractivity contribution in [3.05, 3.63) is 0 Å². The number of carbonyl (C=O) groups is 1. The van der Waals surface area contributed by atoms with E-state index in [1.807, 2.05) is 5.01 Å². The molecule has 0 aromatic heterocycles. The highest BCUT2D eigenvalue weighted by Gasteiger charge is 2.32. The van der Waals surface area contributed by atoms with Crippen molar-refractivity contribution in [2.75, 3.05) is 26.4 Å². The number of alkyl halides is 2. The Morgan fingerprint density at radius 3 is 2.96 bits per heavy atom. The van der Waals surface area contributed by atoms with E-state index in [2.05, 4.69) is 16.1 Å². The second-order valence-corrected chi connectivity index (χ2v) is 7.61. The summed E-state index contributed by atoms with van der Waals surface area (Å²) in [5, 5.41) is 8.05. The molecule has 3 fully saturated rings. The van der Waals surface area contributed by atoms with Crippen LogP contribution in [0.15, 0.2) is 0 Å². The largest absolute Gasteiger partial charge is 0.360 e. The molecule has 2 heterocycles. The molecule has 5 unspecified atom stereocenters. The first-order chi connectivity index (χ1) is 11.6. The molecule has 2 aliphatic heterocycles. The van der Waals surface area contributed by atoms with Gasteiger partial charge in [-0.2, -0.15) is 0 Å². The molecule has 3 N–H and O–H groups in total. The number of hydrazine groups is 1. The summed E-state index contributed by atoms with van der Waals surface area (Å²) in [5.41, 5.74) is 3.23. The molecule has 3 rings (SSSR count). The van der Waals surface area contributed by atoms with E-state index in [9.17, 15) is 9.18 Å². The normalized spacial score (nSPS) is 38.2. The maximum Gasteiger partial charge on any atom is 0.237 e. The SMILES string of the molecule is O=C(NC1CNN(COC2CCC(F)CC2Cl)C1)C1CCCCN1. The van der Waals surface area contributed by atoms with Gasteiger partial charge in [-0.05, 0) is 38.6 Å². The number of nitrogens with zero attached hydrogens (tertiary/aromatic N) is 1. The Kier molecular flexibility index (Phi) is 6.69. The molecule has 8 heteroatoms. The average molecular weight is 363 g/mol. The standard InChI is InChI=1S/C16H28ClFN4O2/c17-13-7-11(18)4-5-15(13)24-10-22-9-12(8-20-22)21-16(23)14-3-1-2-6-19-14/h11-15,19-20H,1-10H2,(H,21,23). The monoisotopic (exact) mass is 362 g/mol. The number of piperidine rings is 1. The third-order valence-electron chi connectivity index (χ3n) is 5.07. The smallest absolute Gasteiger partial charge is 0.237 e. The third-order valence-corrected chi connectivity index (χ3v) is 5.53. The van der Waals surface area contributed by atoms with Gasteiger partial charge in [0, 0.05) is 13.1 Å². The molecule has 5 atom stereocenters. The van der Waals surface area contributed by atoms with Gasteiger partial charge in [-0.25, -0.2) is 9.40 Å². The van der Waals surface area contributed by atoms with Crippen LogP contribution in [0.5, 0.6) is 0 Å². The van der Waals surface area contributed by atoms with Gasteiger partial charge in [0.2, 0.25) is 5.91 Å². The molecule has 138 valence electrons. The van der Waals surface area contributed by atoms with Crippen LogP contribution >= 0.6 is 11.6 Å². The summed E-state index contributed by atoms with van der Waals surface area (Å²) in [6, 6.07) is 0.0233. The predicted octanol–water partition coefficient (Wildman–Crippen LogP) is 0.906. The molecule has 0 aromatic rings. The Labute approximate surface area is 147 Å². The number of nitrogens with one attached hydrogen (secondary N) is 3. The van der Waals surface area contributed by atoms with Gasteiger partial charge in [-0.15, -0.1) is 11.6 Å². The second kappa shape index (κ2) is 8.76. The van der Waals surface area contributed by atoms with Gasteiger partial charge < -0.3 is 15.4 Å². The van der Waals surface area contributed by atoms with Crippen LogP contribution in [0.4, 0.5) is 4.39 Å². The van der Waals surface area contributed by atoms with Crippen molar-refractivity contribution in [3.63, 3.8) is 0 Å². The fourth-order valence-corrected chi connectivity index (χ4v) is 4.01. The minimum Gasteiger partial charge on any atom is -0.360 e. The van der Waals surface area contributed by atoms with E-state index >= 15 is 0 Å². The van der Waals surface area contributed by atoms with E-state index in [0.717, 1.165) is 25.8 Å². The highest BCUT2D eigenvalue weighted by molar-refractivity contribution is 6.21. The van der Waals surface area contributed by atoms with Gasteiger partial charge in [0.25, 0.3) is 0 Å². The van der Waals surface area contributed by atoms with Gasteiger partial charge in [0.05, 0.1) is 23.6 Å². The lowest BCUT2D eigenvalue weighted by atomic mass is 9.95. The van der Waals surface area contributed by atoms with Crippen molar-refractivity contribution < 1.29 is 13.9 Å². The Bertz CT molecular complexity index is 425. The van der Waals surface area contributed by atoms with Crippen molar-refractivity contribution in [1.82, 2.24) is 21.1 Å². The van der Waals surface area contributed by atoms with Crippen LogP contribution in [0.25, 0.3) is 0 Å².